The van der Waals surface area contributed by atoms with E-state index < -0.39 is 0 Å². The van der Waals surface area contributed by atoms with E-state index in [1.54, 1.807) is 0 Å². The molecular weight excluding hydrogens is 330 g/mol. The van der Waals surface area contributed by atoms with E-state index in [0.29, 0.717) is 0 Å². The molecule has 0 saturated carbocycles. The van der Waals surface area contributed by atoms with Gasteiger partial charge in [-0.3, -0.25) is 5.01 Å². The monoisotopic (exact) mass is 349 g/mol. The zero-order valence-electron chi connectivity index (χ0n) is 14.0. The van der Waals surface area contributed by atoms with Crippen LogP contribution < -0.4 is 4.90 Å². The van der Waals surface area contributed by atoms with Gasteiger partial charge in [0.2, 0.25) is 0 Å². The van der Waals surface area contributed by atoms with Crippen LogP contribution in [0.5, 0.6) is 0 Å². The summed E-state index contributed by atoms with van der Waals surface area (Å²) in [7, 11) is 0. The maximum atomic E-state index is 5.97. The number of hydrazone groups is 1. The molecule has 1 aliphatic heterocycles. The normalized spacial score (nSPS) is 15.2. The van der Waals surface area contributed by atoms with Crippen molar-refractivity contribution in [2.24, 2.45) is 5.10 Å². The van der Waals surface area contributed by atoms with Gasteiger partial charge < -0.3 is 4.90 Å². The lowest BCUT2D eigenvalue weighted by atomic mass is 10.1. The summed E-state index contributed by atoms with van der Waals surface area (Å²) in [6.45, 7) is 3.77. The Morgan fingerprint density at radius 2 is 1.52 bits per heavy atom. The topological polar surface area (TPSA) is 18.8 Å². The first kappa shape index (κ1) is 16.0. The fourth-order valence-electron chi connectivity index (χ4n) is 3.23. The van der Waals surface area contributed by atoms with Crippen molar-refractivity contribution in [1.82, 2.24) is 5.01 Å². The molecule has 4 heteroatoms. The third-order valence-corrected chi connectivity index (χ3v) is 4.88. The molecule has 4 rings (SSSR count). The van der Waals surface area contributed by atoms with Crippen LogP contribution in [0.1, 0.15) is 5.56 Å². The molecule has 3 aromatic carbocycles. The second-order valence-corrected chi connectivity index (χ2v) is 6.67. The average molecular weight is 350 g/mol. The number of piperazine rings is 1. The molecular formula is C21H20ClN3. The van der Waals surface area contributed by atoms with Crippen molar-refractivity contribution in [2.75, 3.05) is 31.1 Å². The molecule has 1 heterocycles. The van der Waals surface area contributed by atoms with Crippen LogP contribution in [-0.4, -0.2) is 37.4 Å². The highest BCUT2D eigenvalue weighted by atomic mass is 35.5. The maximum Gasteiger partial charge on any atom is 0.0549 e. The first-order valence-electron chi connectivity index (χ1n) is 8.57. The van der Waals surface area contributed by atoms with Crippen molar-refractivity contribution >= 4 is 34.3 Å². The van der Waals surface area contributed by atoms with Gasteiger partial charge >= 0.3 is 0 Å². The number of benzene rings is 3. The first-order chi connectivity index (χ1) is 12.3. The summed E-state index contributed by atoms with van der Waals surface area (Å²) < 4.78 is 0. The highest BCUT2D eigenvalue weighted by Crippen LogP contribution is 2.20. The number of rotatable bonds is 3. The van der Waals surface area contributed by atoms with Crippen molar-refractivity contribution in [3.05, 3.63) is 77.3 Å². The van der Waals surface area contributed by atoms with Crippen LogP contribution in [0.2, 0.25) is 5.02 Å². The van der Waals surface area contributed by atoms with Gasteiger partial charge in [-0.05, 0) is 35.0 Å². The quantitative estimate of drug-likeness (QED) is 0.641. The van der Waals surface area contributed by atoms with E-state index in [4.69, 9.17) is 16.7 Å². The number of hydrogen-bond donors (Lipinski definition) is 0. The van der Waals surface area contributed by atoms with Crippen molar-refractivity contribution in [1.29, 1.82) is 0 Å². The van der Waals surface area contributed by atoms with Gasteiger partial charge in [0, 0.05) is 29.4 Å². The van der Waals surface area contributed by atoms with Gasteiger partial charge in [-0.2, -0.15) is 5.10 Å². The molecule has 1 aliphatic rings. The van der Waals surface area contributed by atoms with Gasteiger partial charge in [0.15, 0.2) is 0 Å². The molecule has 0 N–H and O–H groups in total. The summed E-state index contributed by atoms with van der Waals surface area (Å²) in [5.41, 5.74) is 2.39. The standard InChI is InChI=1S/C21H20ClN3/c22-19-8-10-20(11-9-19)24-12-14-25(15-13-24)23-16-18-6-3-5-17-4-1-2-7-21(17)18/h1-11,16H,12-15H2/b23-16-. The number of fused-ring (bicyclic) bond motifs is 1. The summed E-state index contributed by atoms with van der Waals surface area (Å²) in [5.74, 6) is 0. The second kappa shape index (κ2) is 7.16. The molecule has 0 bridgehead atoms. The molecule has 0 spiro atoms. The summed E-state index contributed by atoms with van der Waals surface area (Å²) in [6.07, 6.45) is 1.99. The summed E-state index contributed by atoms with van der Waals surface area (Å²) in [6, 6.07) is 22.8. The molecule has 1 fully saturated rings. The molecule has 126 valence electrons. The molecule has 0 atom stereocenters. The van der Waals surface area contributed by atoms with Crippen LogP contribution in [-0.2, 0) is 0 Å². The number of halogens is 1. The van der Waals surface area contributed by atoms with E-state index >= 15 is 0 Å². The van der Waals surface area contributed by atoms with Gasteiger partial charge in [0.05, 0.1) is 19.3 Å². The van der Waals surface area contributed by atoms with Crippen LogP contribution in [0.3, 0.4) is 0 Å². The van der Waals surface area contributed by atoms with Gasteiger partial charge in [-0.25, -0.2) is 0 Å². The van der Waals surface area contributed by atoms with Crippen molar-refractivity contribution in [2.45, 2.75) is 0 Å². The lowest BCUT2D eigenvalue weighted by Crippen LogP contribution is -2.44. The molecule has 0 aromatic heterocycles. The Hall–Kier alpha value is -2.52. The lowest BCUT2D eigenvalue weighted by Gasteiger charge is -2.34. The fourth-order valence-corrected chi connectivity index (χ4v) is 3.35. The Morgan fingerprint density at radius 1 is 0.800 bits per heavy atom. The van der Waals surface area contributed by atoms with Gasteiger partial charge in [-0.1, -0.05) is 54.1 Å². The molecule has 3 aromatic rings. The van der Waals surface area contributed by atoms with Crippen LogP contribution in [0, 0.1) is 0 Å². The SMILES string of the molecule is Clc1ccc(N2CCN(/N=C\c3cccc4ccccc34)CC2)cc1. The van der Waals surface area contributed by atoms with Crippen molar-refractivity contribution < 1.29 is 0 Å². The first-order valence-corrected chi connectivity index (χ1v) is 8.95. The number of nitrogens with zero attached hydrogens (tertiary/aromatic N) is 3. The van der Waals surface area contributed by atoms with E-state index in [2.05, 4.69) is 64.5 Å². The van der Waals surface area contributed by atoms with Gasteiger partial charge in [0.25, 0.3) is 0 Å². The van der Waals surface area contributed by atoms with Crippen molar-refractivity contribution in [3.63, 3.8) is 0 Å². The predicted molar refractivity (Wildman–Crippen MR) is 107 cm³/mol. The Kier molecular flexibility index (Phi) is 4.57. The zero-order chi connectivity index (χ0) is 17.1. The zero-order valence-corrected chi connectivity index (χ0v) is 14.7. The summed E-state index contributed by atoms with van der Waals surface area (Å²) in [5, 5.41) is 10.1. The van der Waals surface area contributed by atoms with Crippen LogP contribution >= 0.6 is 11.6 Å². The highest BCUT2D eigenvalue weighted by molar-refractivity contribution is 6.30. The third kappa shape index (κ3) is 3.62. The van der Waals surface area contributed by atoms with E-state index in [1.165, 1.54) is 22.0 Å². The lowest BCUT2D eigenvalue weighted by molar-refractivity contribution is 0.272. The smallest absolute Gasteiger partial charge is 0.0549 e. The maximum absolute atomic E-state index is 5.97. The molecule has 0 aliphatic carbocycles. The molecule has 0 unspecified atom stereocenters. The van der Waals surface area contributed by atoms with Crippen LogP contribution in [0.25, 0.3) is 10.8 Å². The second-order valence-electron chi connectivity index (χ2n) is 6.23. The van der Waals surface area contributed by atoms with Crippen molar-refractivity contribution in [3.8, 4) is 0 Å². The summed E-state index contributed by atoms with van der Waals surface area (Å²) in [4.78, 5) is 2.38. The number of anilines is 1. The van der Waals surface area contributed by atoms with Gasteiger partial charge in [0.1, 0.15) is 0 Å². The minimum absolute atomic E-state index is 0.780. The van der Waals surface area contributed by atoms with Gasteiger partial charge in [-0.15, -0.1) is 0 Å². The minimum Gasteiger partial charge on any atom is -0.368 e. The van der Waals surface area contributed by atoms with Crippen LogP contribution in [0.15, 0.2) is 71.8 Å². The van der Waals surface area contributed by atoms with E-state index in [-0.39, 0.29) is 0 Å². The average Bonchev–Trinajstić information content (AvgIpc) is 2.67. The largest absolute Gasteiger partial charge is 0.368 e. The van der Waals surface area contributed by atoms with Crippen LogP contribution in [0.4, 0.5) is 5.69 Å². The Morgan fingerprint density at radius 3 is 2.32 bits per heavy atom. The Bertz CT molecular complexity index is 876. The molecule has 0 radical (unpaired) electrons. The molecule has 0 amide bonds. The summed E-state index contributed by atoms with van der Waals surface area (Å²) >= 11 is 5.97. The van der Waals surface area contributed by atoms with E-state index in [9.17, 15) is 0 Å². The third-order valence-electron chi connectivity index (χ3n) is 4.63. The fraction of sp³-hybridized carbons (Fsp3) is 0.190. The molecule has 3 nitrogen and oxygen atoms in total. The minimum atomic E-state index is 0.780. The Balaban J connectivity index is 1.43. The van der Waals surface area contributed by atoms with E-state index in [1.807, 2.05) is 18.3 Å². The number of hydrogen-bond acceptors (Lipinski definition) is 3. The molecule has 1 saturated heterocycles. The highest BCUT2D eigenvalue weighted by Gasteiger charge is 2.15. The van der Waals surface area contributed by atoms with E-state index in [0.717, 1.165) is 31.2 Å². The predicted octanol–water partition coefficient (Wildman–Crippen LogP) is 4.65. The molecule has 25 heavy (non-hydrogen) atoms. The Labute approximate surface area is 153 Å².